The molecule has 1 aliphatic heterocycles. The van der Waals surface area contributed by atoms with E-state index in [1.807, 2.05) is 0 Å². The number of carbonyl (C=O) groups excluding carboxylic acids is 1. The van der Waals surface area contributed by atoms with Crippen molar-refractivity contribution in [1.29, 1.82) is 0 Å². The summed E-state index contributed by atoms with van der Waals surface area (Å²) in [6.45, 7) is 1.31. The maximum atomic E-state index is 13.3. The lowest BCUT2D eigenvalue weighted by atomic mass is 9.98. The van der Waals surface area contributed by atoms with Crippen LogP contribution in [0.15, 0.2) is 22.7 Å². The number of rotatable bonds is 2. The SMILES string of the molecule is O=C(c1cc(F)cc(Br)c1)N1CCCC(CO)C1. The van der Waals surface area contributed by atoms with Crippen molar-refractivity contribution in [3.8, 4) is 0 Å². The Morgan fingerprint density at radius 2 is 2.28 bits per heavy atom. The van der Waals surface area contributed by atoms with Gasteiger partial charge in [-0.25, -0.2) is 4.39 Å². The van der Waals surface area contributed by atoms with Crippen LogP contribution in [0, 0.1) is 11.7 Å². The van der Waals surface area contributed by atoms with Crippen molar-refractivity contribution in [2.75, 3.05) is 19.7 Å². The van der Waals surface area contributed by atoms with Gasteiger partial charge in [0.05, 0.1) is 0 Å². The Morgan fingerprint density at radius 3 is 2.94 bits per heavy atom. The number of benzene rings is 1. The van der Waals surface area contributed by atoms with Crippen molar-refractivity contribution in [1.82, 2.24) is 4.90 Å². The van der Waals surface area contributed by atoms with Crippen LogP contribution in [0.2, 0.25) is 0 Å². The first-order valence-electron chi connectivity index (χ1n) is 5.96. The average Bonchev–Trinajstić information content (AvgIpc) is 2.37. The minimum atomic E-state index is -0.427. The molecule has 0 aromatic heterocycles. The van der Waals surface area contributed by atoms with Gasteiger partial charge in [0.15, 0.2) is 0 Å². The zero-order chi connectivity index (χ0) is 13.1. The van der Waals surface area contributed by atoms with Gasteiger partial charge in [-0.1, -0.05) is 15.9 Å². The van der Waals surface area contributed by atoms with E-state index in [-0.39, 0.29) is 18.4 Å². The van der Waals surface area contributed by atoms with E-state index in [0.717, 1.165) is 12.8 Å². The predicted molar refractivity (Wildman–Crippen MR) is 69.8 cm³/mol. The number of hydrogen-bond donors (Lipinski definition) is 1. The molecule has 1 atom stereocenters. The van der Waals surface area contributed by atoms with Crippen molar-refractivity contribution < 1.29 is 14.3 Å². The Morgan fingerprint density at radius 1 is 1.50 bits per heavy atom. The third-order valence-electron chi connectivity index (χ3n) is 3.17. The van der Waals surface area contributed by atoms with Crippen molar-refractivity contribution in [3.63, 3.8) is 0 Å². The van der Waals surface area contributed by atoms with Gasteiger partial charge in [0.2, 0.25) is 0 Å². The van der Waals surface area contributed by atoms with Crippen LogP contribution in [-0.4, -0.2) is 35.6 Å². The van der Waals surface area contributed by atoms with Gasteiger partial charge in [-0.15, -0.1) is 0 Å². The number of likely N-dealkylation sites (tertiary alicyclic amines) is 1. The van der Waals surface area contributed by atoms with Gasteiger partial charge in [-0.2, -0.15) is 0 Å². The molecule has 0 saturated carbocycles. The van der Waals surface area contributed by atoms with Crippen LogP contribution < -0.4 is 0 Å². The van der Waals surface area contributed by atoms with Gasteiger partial charge < -0.3 is 10.0 Å². The second-order valence-corrected chi connectivity index (χ2v) is 5.52. The highest BCUT2D eigenvalue weighted by atomic mass is 79.9. The monoisotopic (exact) mass is 315 g/mol. The highest BCUT2D eigenvalue weighted by molar-refractivity contribution is 9.10. The lowest BCUT2D eigenvalue weighted by Gasteiger charge is -2.32. The van der Waals surface area contributed by atoms with Gasteiger partial charge >= 0.3 is 0 Å². The summed E-state index contributed by atoms with van der Waals surface area (Å²) in [5.74, 6) is -0.462. The first-order valence-corrected chi connectivity index (χ1v) is 6.75. The lowest BCUT2D eigenvalue weighted by molar-refractivity contribution is 0.0620. The molecular formula is C13H15BrFNO2. The Labute approximate surface area is 114 Å². The summed E-state index contributed by atoms with van der Waals surface area (Å²) in [4.78, 5) is 13.9. The molecule has 0 radical (unpaired) electrons. The number of piperidine rings is 1. The van der Waals surface area contributed by atoms with Crippen molar-refractivity contribution in [3.05, 3.63) is 34.1 Å². The molecule has 5 heteroatoms. The molecule has 1 aromatic rings. The highest BCUT2D eigenvalue weighted by Crippen LogP contribution is 2.20. The fraction of sp³-hybridized carbons (Fsp3) is 0.462. The van der Waals surface area contributed by atoms with E-state index in [1.54, 1.807) is 11.0 Å². The highest BCUT2D eigenvalue weighted by Gasteiger charge is 2.24. The molecule has 1 fully saturated rings. The van der Waals surface area contributed by atoms with Crippen LogP contribution >= 0.6 is 15.9 Å². The largest absolute Gasteiger partial charge is 0.396 e. The number of hydrogen-bond acceptors (Lipinski definition) is 2. The zero-order valence-corrected chi connectivity index (χ0v) is 11.5. The number of amides is 1. The number of halogens is 2. The topological polar surface area (TPSA) is 40.5 Å². The number of nitrogens with zero attached hydrogens (tertiary/aromatic N) is 1. The molecule has 0 aliphatic carbocycles. The molecule has 1 heterocycles. The maximum absolute atomic E-state index is 13.3. The zero-order valence-electron chi connectivity index (χ0n) is 9.90. The third-order valence-corrected chi connectivity index (χ3v) is 3.63. The van der Waals surface area contributed by atoms with Crippen LogP contribution in [0.1, 0.15) is 23.2 Å². The van der Waals surface area contributed by atoms with Crippen LogP contribution in [0.3, 0.4) is 0 Å². The van der Waals surface area contributed by atoms with Crippen molar-refractivity contribution in [2.45, 2.75) is 12.8 Å². The summed E-state index contributed by atoms with van der Waals surface area (Å²) < 4.78 is 13.8. The smallest absolute Gasteiger partial charge is 0.254 e. The quantitative estimate of drug-likeness (QED) is 0.910. The van der Waals surface area contributed by atoms with E-state index < -0.39 is 5.82 Å². The van der Waals surface area contributed by atoms with Crippen LogP contribution in [0.4, 0.5) is 4.39 Å². The van der Waals surface area contributed by atoms with E-state index in [1.165, 1.54) is 12.1 Å². The van der Waals surface area contributed by atoms with Crippen molar-refractivity contribution >= 4 is 21.8 Å². The molecular weight excluding hydrogens is 301 g/mol. The molecule has 1 amide bonds. The summed E-state index contributed by atoms with van der Waals surface area (Å²) in [5, 5.41) is 9.14. The van der Waals surface area contributed by atoms with E-state index in [4.69, 9.17) is 5.11 Å². The third kappa shape index (κ3) is 3.09. The first-order chi connectivity index (χ1) is 8.60. The molecule has 1 unspecified atom stereocenters. The number of aliphatic hydroxyl groups is 1. The summed E-state index contributed by atoms with van der Waals surface area (Å²) >= 11 is 3.18. The fourth-order valence-corrected chi connectivity index (χ4v) is 2.72. The fourth-order valence-electron chi connectivity index (χ4n) is 2.26. The Balaban J connectivity index is 2.15. The summed E-state index contributed by atoms with van der Waals surface area (Å²) in [7, 11) is 0. The first kappa shape index (κ1) is 13.5. The van der Waals surface area contributed by atoms with E-state index >= 15 is 0 Å². The maximum Gasteiger partial charge on any atom is 0.254 e. The number of aliphatic hydroxyl groups excluding tert-OH is 1. The Hall–Kier alpha value is -0.940. The molecule has 1 saturated heterocycles. The van der Waals surface area contributed by atoms with E-state index in [0.29, 0.717) is 23.1 Å². The molecule has 98 valence electrons. The summed E-state index contributed by atoms with van der Waals surface area (Å²) in [5.41, 5.74) is 0.348. The van der Waals surface area contributed by atoms with Crippen LogP contribution in [-0.2, 0) is 0 Å². The van der Waals surface area contributed by atoms with Gasteiger partial charge in [0.1, 0.15) is 5.82 Å². The standard InChI is InChI=1S/C13H15BrFNO2/c14-11-4-10(5-12(15)6-11)13(18)16-3-1-2-9(7-16)8-17/h4-6,9,17H,1-3,7-8H2. The molecule has 1 N–H and O–H groups in total. The molecule has 1 aromatic carbocycles. The van der Waals surface area contributed by atoms with Crippen LogP contribution in [0.25, 0.3) is 0 Å². The molecule has 0 spiro atoms. The van der Waals surface area contributed by atoms with Crippen molar-refractivity contribution in [2.24, 2.45) is 5.92 Å². The summed E-state index contributed by atoms with van der Waals surface area (Å²) in [6.07, 6.45) is 1.82. The molecule has 0 bridgehead atoms. The molecule has 1 aliphatic rings. The molecule has 3 nitrogen and oxygen atoms in total. The normalized spacial score (nSPS) is 19.9. The summed E-state index contributed by atoms with van der Waals surface area (Å²) in [6, 6.07) is 4.19. The Kier molecular flexibility index (Phi) is 4.35. The van der Waals surface area contributed by atoms with Gasteiger partial charge in [-0.3, -0.25) is 4.79 Å². The minimum Gasteiger partial charge on any atom is -0.396 e. The second-order valence-electron chi connectivity index (χ2n) is 4.60. The Bertz CT molecular complexity index is 432. The predicted octanol–water partition coefficient (Wildman–Crippen LogP) is 2.43. The van der Waals surface area contributed by atoms with Gasteiger partial charge in [0.25, 0.3) is 5.91 Å². The van der Waals surface area contributed by atoms with E-state index in [2.05, 4.69) is 15.9 Å². The van der Waals surface area contributed by atoms with Gasteiger partial charge in [-0.05, 0) is 37.0 Å². The second kappa shape index (κ2) is 5.80. The number of carbonyl (C=O) groups is 1. The van der Waals surface area contributed by atoms with Crippen LogP contribution in [0.5, 0.6) is 0 Å². The van der Waals surface area contributed by atoms with E-state index in [9.17, 15) is 9.18 Å². The van der Waals surface area contributed by atoms with Gasteiger partial charge in [0, 0.05) is 29.7 Å². The molecule has 18 heavy (non-hydrogen) atoms. The molecule has 2 rings (SSSR count). The average molecular weight is 316 g/mol. The lowest BCUT2D eigenvalue weighted by Crippen LogP contribution is -2.40. The minimum absolute atomic E-state index is 0.0939.